The Hall–Kier alpha value is -4.11. The van der Waals surface area contributed by atoms with Gasteiger partial charge in [0.15, 0.2) is 11.4 Å². The summed E-state index contributed by atoms with van der Waals surface area (Å²) in [4.78, 5) is 38.9. The van der Waals surface area contributed by atoms with Crippen LogP contribution in [-0.4, -0.2) is 50.6 Å². The van der Waals surface area contributed by atoms with Crippen molar-refractivity contribution in [3.05, 3.63) is 69.7 Å². The first-order chi connectivity index (χ1) is 18.9. The second-order valence-corrected chi connectivity index (χ2v) is 11.4. The van der Waals surface area contributed by atoms with Gasteiger partial charge in [-0.05, 0) is 72.4 Å². The fourth-order valence-corrected chi connectivity index (χ4v) is 6.45. The van der Waals surface area contributed by atoms with Crippen LogP contribution in [0.2, 0.25) is 0 Å². The number of ether oxygens (including phenoxy) is 1. The molecule has 0 spiro atoms. The van der Waals surface area contributed by atoms with E-state index in [1.807, 2.05) is 18.2 Å². The predicted octanol–water partition coefficient (Wildman–Crippen LogP) is 3.84. The number of benzene rings is 2. The zero-order valence-electron chi connectivity index (χ0n) is 22.7. The van der Waals surface area contributed by atoms with E-state index in [-0.39, 0.29) is 36.1 Å². The van der Waals surface area contributed by atoms with Gasteiger partial charge >= 0.3 is 0 Å². The van der Waals surface area contributed by atoms with E-state index in [9.17, 15) is 34.8 Å². The number of Topliss-reactive ketones (excluding diaryl/α,β-unsaturated/α-hetero) is 2. The average molecular weight is 548 g/mol. The van der Waals surface area contributed by atoms with Gasteiger partial charge in [0.05, 0.1) is 12.7 Å². The number of carbonyl (C=O) groups excluding carboxylic acids is 3. The first-order valence-corrected chi connectivity index (χ1v) is 13.4. The van der Waals surface area contributed by atoms with Gasteiger partial charge in [-0.25, -0.2) is 0 Å². The summed E-state index contributed by atoms with van der Waals surface area (Å²) in [6.45, 7) is 4.31. The van der Waals surface area contributed by atoms with Crippen molar-refractivity contribution < 1.29 is 39.5 Å². The molecule has 0 unspecified atom stereocenters. The topological polar surface area (TPSA) is 167 Å². The minimum Gasteiger partial charge on any atom is -0.511 e. The van der Waals surface area contributed by atoms with E-state index in [0.717, 1.165) is 24.0 Å². The SMILES string of the molecule is COc1ccc(CCC(C)C)cc1-c1ccc(O)c2c1C[C@H]1C[C@H]3CC(O)=C(C(N)=O)C(=O)[C@@]3(O)C(O)=C1C2=O. The van der Waals surface area contributed by atoms with Crippen molar-refractivity contribution in [2.75, 3.05) is 7.11 Å². The number of carbonyl (C=O) groups is 3. The Morgan fingerprint density at radius 3 is 2.48 bits per heavy atom. The molecule has 6 N–H and O–H groups in total. The number of ketones is 2. The van der Waals surface area contributed by atoms with Crippen LogP contribution < -0.4 is 10.5 Å². The number of methoxy groups -OCH3 is 1. The summed E-state index contributed by atoms with van der Waals surface area (Å²) in [7, 11) is 1.56. The fourth-order valence-electron chi connectivity index (χ4n) is 6.45. The number of aliphatic hydroxyl groups excluding tert-OH is 2. The molecule has 2 aromatic rings. The summed E-state index contributed by atoms with van der Waals surface area (Å²) in [5.41, 5.74) is 4.80. The van der Waals surface area contributed by atoms with Gasteiger partial charge in [0.2, 0.25) is 5.78 Å². The number of aryl methyl sites for hydroxylation is 1. The largest absolute Gasteiger partial charge is 0.511 e. The second-order valence-electron chi connectivity index (χ2n) is 11.4. The minimum absolute atomic E-state index is 0.0243. The molecular formula is C31H33NO8. The van der Waals surface area contributed by atoms with Gasteiger partial charge in [-0.1, -0.05) is 26.0 Å². The van der Waals surface area contributed by atoms with Gasteiger partial charge in [-0.15, -0.1) is 0 Å². The van der Waals surface area contributed by atoms with Crippen LogP contribution in [0.25, 0.3) is 11.1 Å². The van der Waals surface area contributed by atoms with Gasteiger partial charge in [0.25, 0.3) is 5.91 Å². The maximum atomic E-state index is 13.9. The van der Waals surface area contributed by atoms with Crippen LogP contribution in [0.1, 0.15) is 54.6 Å². The number of primary amides is 1. The number of hydrogen-bond acceptors (Lipinski definition) is 8. The summed E-state index contributed by atoms with van der Waals surface area (Å²) in [6.07, 6.45) is 1.88. The molecule has 9 heteroatoms. The minimum atomic E-state index is -2.59. The standard InChI is InChI=1S/C31H33NO8/c1-14(2)4-5-15-6-9-23(40-3)19(10-15)18-7-8-21(33)25-20(18)12-16-11-17-13-22(34)26(30(32)38)29(37)31(17,39)28(36)24(16)27(25)35/h6-10,14,16-17,33-34,36,39H,4-5,11-13H2,1-3H3,(H2,32,38)/t16-,17+,31+/m1/s1. The van der Waals surface area contributed by atoms with Gasteiger partial charge in [-0.3, -0.25) is 14.4 Å². The van der Waals surface area contributed by atoms with Crippen LogP contribution in [0.4, 0.5) is 0 Å². The zero-order chi connectivity index (χ0) is 29.1. The van der Waals surface area contributed by atoms with Gasteiger partial charge in [-0.2, -0.15) is 0 Å². The molecule has 0 aromatic heterocycles. The Morgan fingerprint density at radius 1 is 1.10 bits per heavy atom. The van der Waals surface area contributed by atoms with E-state index < -0.39 is 52.0 Å². The number of nitrogens with two attached hydrogens (primary N) is 1. The smallest absolute Gasteiger partial charge is 0.255 e. The normalized spacial score (nSPS) is 24.1. The van der Waals surface area contributed by atoms with Crippen molar-refractivity contribution in [2.45, 2.75) is 51.6 Å². The highest BCUT2D eigenvalue weighted by molar-refractivity contribution is 6.24. The third kappa shape index (κ3) is 4.07. The Balaban J connectivity index is 1.65. The molecule has 3 atom stereocenters. The fraction of sp³-hybridized carbons (Fsp3) is 0.387. The Kier molecular flexibility index (Phi) is 6.74. The number of phenolic OH excluding ortho intramolecular Hbond substituents is 1. The number of phenols is 1. The lowest BCUT2D eigenvalue weighted by Crippen LogP contribution is -2.57. The van der Waals surface area contributed by atoms with Crippen LogP contribution in [0, 0.1) is 17.8 Å². The first kappa shape index (κ1) is 27.5. The maximum absolute atomic E-state index is 13.9. The van der Waals surface area contributed by atoms with E-state index in [4.69, 9.17) is 10.5 Å². The lowest BCUT2D eigenvalue weighted by molar-refractivity contribution is -0.144. The second kappa shape index (κ2) is 9.82. The van der Waals surface area contributed by atoms with Gasteiger partial charge < -0.3 is 30.9 Å². The Bertz CT molecular complexity index is 1520. The molecule has 0 saturated carbocycles. The zero-order valence-corrected chi connectivity index (χ0v) is 22.7. The van der Waals surface area contributed by atoms with Gasteiger partial charge in [0.1, 0.15) is 28.6 Å². The molecule has 210 valence electrons. The maximum Gasteiger partial charge on any atom is 0.255 e. The molecule has 0 aliphatic heterocycles. The van der Waals surface area contributed by atoms with Crippen LogP contribution in [-0.2, 0) is 22.4 Å². The molecule has 2 aromatic carbocycles. The third-order valence-corrected chi connectivity index (χ3v) is 8.51. The molecule has 0 bridgehead atoms. The first-order valence-electron chi connectivity index (χ1n) is 13.4. The van der Waals surface area contributed by atoms with E-state index in [1.165, 1.54) is 6.07 Å². The highest BCUT2D eigenvalue weighted by Gasteiger charge is 2.59. The quantitative estimate of drug-likeness (QED) is 0.340. The van der Waals surface area contributed by atoms with Crippen LogP contribution in [0.15, 0.2) is 53.0 Å². The summed E-state index contributed by atoms with van der Waals surface area (Å²) < 4.78 is 5.65. The Morgan fingerprint density at radius 2 is 1.82 bits per heavy atom. The van der Waals surface area contributed by atoms with Gasteiger partial charge in [0, 0.05) is 23.5 Å². The molecule has 5 rings (SSSR count). The number of amides is 1. The van der Waals surface area contributed by atoms with Crippen molar-refractivity contribution in [3.8, 4) is 22.6 Å². The number of allylic oxidation sites excluding steroid dienone is 2. The molecule has 3 aliphatic rings. The van der Waals surface area contributed by atoms with Crippen LogP contribution in [0.3, 0.4) is 0 Å². The molecule has 0 heterocycles. The summed E-state index contributed by atoms with van der Waals surface area (Å²) in [5, 5.41) is 43.9. The summed E-state index contributed by atoms with van der Waals surface area (Å²) in [5.74, 6) is -5.37. The number of aliphatic hydroxyl groups is 3. The molecule has 0 radical (unpaired) electrons. The molecule has 40 heavy (non-hydrogen) atoms. The van der Waals surface area contributed by atoms with Crippen LogP contribution >= 0.6 is 0 Å². The van der Waals surface area contributed by atoms with Crippen molar-refractivity contribution in [3.63, 3.8) is 0 Å². The van der Waals surface area contributed by atoms with Crippen molar-refractivity contribution in [2.24, 2.45) is 23.5 Å². The van der Waals surface area contributed by atoms with E-state index in [1.54, 1.807) is 13.2 Å². The highest BCUT2D eigenvalue weighted by atomic mass is 16.5. The highest BCUT2D eigenvalue weighted by Crippen LogP contribution is 2.52. The molecule has 3 aliphatic carbocycles. The monoisotopic (exact) mass is 547 g/mol. The number of fused-ring (bicyclic) bond motifs is 3. The number of aromatic hydroxyl groups is 1. The molecule has 0 saturated heterocycles. The van der Waals surface area contributed by atoms with E-state index in [2.05, 4.69) is 13.8 Å². The van der Waals surface area contributed by atoms with E-state index in [0.29, 0.717) is 22.8 Å². The third-order valence-electron chi connectivity index (χ3n) is 8.51. The van der Waals surface area contributed by atoms with Crippen LogP contribution in [0.5, 0.6) is 11.5 Å². The number of hydrogen-bond donors (Lipinski definition) is 5. The number of rotatable bonds is 6. The molecule has 1 amide bonds. The molecular weight excluding hydrogens is 514 g/mol. The van der Waals surface area contributed by atoms with E-state index >= 15 is 0 Å². The molecule has 0 fully saturated rings. The summed E-state index contributed by atoms with van der Waals surface area (Å²) >= 11 is 0. The van der Waals surface area contributed by atoms with Crippen molar-refractivity contribution >= 4 is 17.5 Å². The van der Waals surface area contributed by atoms with Crippen molar-refractivity contribution in [1.29, 1.82) is 0 Å². The molecule has 9 nitrogen and oxygen atoms in total. The average Bonchev–Trinajstić information content (AvgIpc) is 2.89. The lowest BCUT2D eigenvalue weighted by atomic mass is 9.60. The summed E-state index contributed by atoms with van der Waals surface area (Å²) in [6, 6.07) is 9.05. The lowest BCUT2D eigenvalue weighted by Gasteiger charge is -2.45. The Labute approximate surface area is 231 Å². The van der Waals surface area contributed by atoms with Crippen molar-refractivity contribution in [1.82, 2.24) is 0 Å². The predicted molar refractivity (Wildman–Crippen MR) is 146 cm³/mol.